The van der Waals surface area contributed by atoms with Crippen molar-refractivity contribution in [2.75, 3.05) is 13.1 Å². The van der Waals surface area contributed by atoms with Crippen LogP contribution in [0.25, 0.3) is 0 Å². The summed E-state index contributed by atoms with van der Waals surface area (Å²) in [7, 11) is 0. The van der Waals surface area contributed by atoms with E-state index in [1.54, 1.807) is 0 Å². The van der Waals surface area contributed by atoms with Crippen LogP contribution in [0.15, 0.2) is 0 Å². The molecule has 92 valence electrons. The van der Waals surface area contributed by atoms with Gasteiger partial charge in [0.1, 0.15) is 0 Å². The lowest BCUT2D eigenvalue weighted by Gasteiger charge is -2.28. The first-order chi connectivity index (χ1) is 7.54. The van der Waals surface area contributed by atoms with Gasteiger partial charge in [-0.1, -0.05) is 19.8 Å². The van der Waals surface area contributed by atoms with E-state index < -0.39 is 0 Å². The van der Waals surface area contributed by atoms with Crippen LogP contribution in [-0.4, -0.2) is 13.1 Å². The molecule has 2 nitrogen and oxygen atoms in total. The molecule has 0 aromatic carbocycles. The van der Waals surface area contributed by atoms with Crippen molar-refractivity contribution in [2.24, 2.45) is 10.8 Å². The molecule has 0 heterocycles. The molecule has 0 aromatic rings. The maximum Gasteiger partial charge on any atom is 0.0684 e. The lowest BCUT2D eigenvalue weighted by Crippen LogP contribution is -2.33. The maximum absolute atomic E-state index is 8.92. The fourth-order valence-electron chi connectivity index (χ4n) is 2.59. The Morgan fingerprint density at radius 1 is 1.31 bits per heavy atom. The van der Waals surface area contributed by atoms with Crippen molar-refractivity contribution in [1.82, 2.24) is 5.32 Å². The van der Waals surface area contributed by atoms with E-state index in [-0.39, 0.29) is 5.41 Å². The highest BCUT2D eigenvalue weighted by Crippen LogP contribution is 2.40. The number of nitrogens with zero attached hydrogens (tertiary/aromatic N) is 1. The van der Waals surface area contributed by atoms with Crippen LogP contribution in [0.4, 0.5) is 0 Å². The quantitative estimate of drug-likeness (QED) is 0.698. The van der Waals surface area contributed by atoms with Gasteiger partial charge in [0.2, 0.25) is 0 Å². The van der Waals surface area contributed by atoms with Crippen molar-refractivity contribution in [3.8, 4) is 6.07 Å². The van der Waals surface area contributed by atoms with Gasteiger partial charge >= 0.3 is 0 Å². The van der Waals surface area contributed by atoms with Gasteiger partial charge < -0.3 is 5.32 Å². The monoisotopic (exact) mass is 222 g/mol. The molecule has 2 heteroatoms. The molecule has 0 saturated heterocycles. The SMILES string of the molecule is CCC1(CNCCC(C)(C)C#N)CCCC1. The van der Waals surface area contributed by atoms with Crippen molar-refractivity contribution in [2.45, 2.75) is 59.3 Å². The van der Waals surface area contributed by atoms with Crippen LogP contribution in [0.5, 0.6) is 0 Å². The van der Waals surface area contributed by atoms with Gasteiger partial charge in [0.15, 0.2) is 0 Å². The zero-order chi connectivity index (χ0) is 12.1. The van der Waals surface area contributed by atoms with Crippen molar-refractivity contribution >= 4 is 0 Å². The second kappa shape index (κ2) is 5.68. The van der Waals surface area contributed by atoms with Gasteiger partial charge in [-0.05, 0) is 51.5 Å². The Balaban J connectivity index is 2.22. The minimum absolute atomic E-state index is 0.179. The van der Waals surface area contributed by atoms with Crippen LogP contribution in [0.3, 0.4) is 0 Å². The van der Waals surface area contributed by atoms with Crippen LogP contribution in [0, 0.1) is 22.2 Å². The summed E-state index contributed by atoms with van der Waals surface area (Å²) in [5.74, 6) is 0. The number of hydrogen-bond donors (Lipinski definition) is 1. The molecular formula is C14H26N2. The summed E-state index contributed by atoms with van der Waals surface area (Å²) in [6, 6.07) is 2.35. The predicted octanol–water partition coefficient (Wildman–Crippen LogP) is 3.49. The molecule has 0 amide bonds. The topological polar surface area (TPSA) is 35.8 Å². The van der Waals surface area contributed by atoms with Crippen LogP contribution in [0.2, 0.25) is 0 Å². The Morgan fingerprint density at radius 3 is 2.44 bits per heavy atom. The van der Waals surface area contributed by atoms with E-state index in [0.717, 1.165) is 19.5 Å². The third-order valence-electron chi connectivity index (χ3n) is 4.14. The normalized spacial score (nSPS) is 19.6. The van der Waals surface area contributed by atoms with Gasteiger partial charge in [-0.2, -0.15) is 5.26 Å². The third-order valence-corrected chi connectivity index (χ3v) is 4.14. The number of nitriles is 1. The molecule has 0 atom stereocenters. The van der Waals surface area contributed by atoms with Gasteiger partial charge in [0.05, 0.1) is 11.5 Å². The van der Waals surface area contributed by atoms with Gasteiger partial charge in [0, 0.05) is 6.54 Å². The second-order valence-corrected chi connectivity index (χ2v) is 5.98. The van der Waals surface area contributed by atoms with E-state index in [0.29, 0.717) is 5.41 Å². The van der Waals surface area contributed by atoms with Gasteiger partial charge in [0.25, 0.3) is 0 Å². The molecule has 0 aromatic heterocycles. The number of hydrogen-bond acceptors (Lipinski definition) is 2. The van der Waals surface area contributed by atoms with E-state index in [1.807, 2.05) is 13.8 Å². The summed E-state index contributed by atoms with van der Waals surface area (Å²) in [5.41, 5.74) is 0.388. The molecule has 1 N–H and O–H groups in total. The van der Waals surface area contributed by atoms with Crippen LogP contribution in [0.1, 0.15) is 59.3 Å². The van der Waals surface area contributed by atoms with Crippen molar-refractivity contribution < 1.29 is 0 Å². The first kappa shape index (κ1) is 13.5. The first-order valence-corrected chi connectivity index (χ1v) is 6.66. The third kappa shape index (κ3) is 3.79. The average Bonchev–Trinajstić information content (AvgIpc) is 2.74. The first-order valence-electron chi connectivity index (χ1n) is 6.66. The largest absolute Gasteiger partial charge is 0.316 e. The lowest BCUT2D eigenvalue weighted by atomic mass is 9.83. The molecule has 1 saturated carbocycles. The molecule has 0 radical (unpaired) electrons. The molecule has 1 aliphatic rings. The summed E-state index contributed by atoms with van der Waals surface area (Å²) >= 11 is 0. The molecule has 1 fully saturated rings. The van der Waals surface area contributed by atoms with E-state index in [2.05, 4.69) is 18.3 Å². The minimum Gasteiger partial charge on any atom is -0.316 e. The summed E-state index contributed by atoms with van der Waals surface area (Å²) in [4.78, 5) is 0. The lowest BCUT2D eigenvalue weighted by molar-refractivity contribution is 0.264. The molecule has 0 aliphatic heterocycles. The maximum atomic E-state index is 8.92. The van der Waals surface area contributed by atoms with Crippen LogP contribution >= 0.6 is 0 Å². The second-order valence-electron chi connectivity index (χ2n) is 5.98. The highest BCUT2D eigenvalue weighted by Gasteiger charge is 2.31. The van der Waals surface area contributed by atoms with Gasteiger partial charge in [-0.15, -0.1) is 0 Å². The van der Waals surface area contributed by atoms with Crippen molar-refractivity contribution in [1.29, 1.82) is 5.26 Å². The van der Waals surface area contributed by atoms with E-state index in [1.165, 1.54) is 32.1 Å². The minimum atomic E-state index is -0.179. The Bertz CT molecular complexity index is 244. The van der Waals surface area contributed by atoms with Crippen LogP contribution < -0.4 is 5.32 Å². The highest BCUT2D eigenvalue weighted by molar-refractivity contribution is 4.92. The molecule has 1 aliphatic carbocycles. The molecule has 0 spiro atoms. The van der Waals surface area contributed by atoms with E-state index in [9.17, 15) is 0 Å². The Morgan fingerprint density at radius 2 is 1.94 bits per heavy atom. The van der Waals surface area contributed by atoms with Crippen molar-refractivity contribution in [3.05, 3.63) is 0 Å². The molecule has 0 unspecified atom stereocenters. The summed E-state index contributed by atoms with van der Waals surface area (Å²) in [6.07, 6.45) is 7.82. The number of rotatable bonds is 6. The average molecular weight is 222 g/mol. The zero-order valence-corrected chi connectivity index (χ0v) is 11.1. The van der Waals surface area contributed by atoms with Crippen molar-refractivity contribution in [3.63, 3.8) is 0 Å². The number of nitrogens with one attached hydrogen (secondary N) is 1. The Kier molecular flexibility index (Phi) is 4.80. The fourth-order valence-corrected chi connectivity index (χ4v) is 2.59. The van der Waals surface area contributed by atoms with E-state index in [4.69, 9.17) is 5.26 Å². The van der Waals surface area contributed by atoms with E-state index >= 15 is 0 Å². The van der Waals surface area contributed by atoms with Gasteiger partial charge in [-0.25, -0.2) is 0 Å². The summed E-state index contributed by atoms with van der Waals surface area (Å²) in [5, 5.41) is 12.5. The molecular weight excluding hydrogens is 196 g/mol. The highest BCUT2D eigenvalue weighted by atomic mass is 14.9. The standard InChI is InChI=1S/C14H26N2/c1-4-14(7-5-6-8-14)12-16-10-9-13(2,3)11-15/h16H,4-10,12H2,1-3H3. The molecule has 1 rings (SSSR count). The smallest absolute Gasteiger partial charge is 0.0684 e. The summed E-state index contributed by atoms with van der Waals surface area (Å²) in [6.45, 7) is 8.46. The predicted molar refractivity (Wildman–Crippen MR) is 68.1 cm³/mol. The van der Waals surface area contributed by atoms with Crippen LogP contribution in [-0.2, 0) is 0 Å². The zero-order valence-electron chi connectivity index (χ0n) is 11.1. The van der Waals surface area contributed by atoms with Gasteiger partial charge in [-0.3, -0.25) is 0 Å². The Hall–Kier alpha value is -0.550. The fraction of sp³-hybridized carbons (Fsp3) is 0.929. The molecule has 16 heavy (non-hydrogen) atoms. The Labute approximate surface area is 100 Å². The summed E-state index contributed by atoms with van der Waals surface area (Å²) < 4.78 is 0. The molecule has 0 bridgehead atoms.